The predicted molar refractivity (Wildman–Crippen MR) is 102 cm³/mol. The van der Waals surface area contributed by atoms with Gasteiger partial charge in [-0.3, -0.25) is 9.59 Å². The minimum atomic E-state index is -5.72. The molecular weight excluding hydrogens is 457 g/mol. The molecule has 10 nitrogen and oxygen atoms in total. The number of hydrogen-bond donors (Lipinski definition) is 3. The van der Waals surface area contributed by atoms with Crippen molar-refractivity contribution in [3.8, 4) is 11.5 Å². The number of nitrogens with zero attached hydrogens (tertiary/aromatic N) is 5. The van der Waals surface area contributed by atoms with Crippen LogP contribution in [0.1, 0.15) is 18.9 Å². The highest BCUT2D eigenvalue weighted by Crippen LogP contribution is 2.42. The van der Waals surface area contributed by atoms with Crippen LogP contribution in [-0.2, 0) is 21.5 Å². The molecule has 1 amide bonds. The van der Waals surface area contributed by atoms with Gasteiger partial charge in [0.05, 0.1) is 10.9 Å². The number of alkyl halides is 5. The van der Waals surface area contributed by atoms with Crippen molar-refractivity contribution in [2.45, 2.75) is 37.4 Å². The van der Waals surface area contributed by atoms with Gasteiger partial charge in [-0.05, 0) is 19.1 Å². The quantitative estimate of drug-likeness (QED) is 0.379. The number of aliphatic carboxylic acids is 1. The van der Waals surface area contributed by atoms with Crippen molar-refractivity contribution in [2.75, 3.05) is 11.1 Å². The van der Waals surface area contributed by atoms with Crippen LogP contribution in [-0.4, -0.2) is 53.8 Å². The Balaban J connectivity index is 1.80. The third-order valence-corrected chi connectivity index (χ3v) is 5.32. The first-order valence-electron chi connectivity index (χ1n) is 9.26. The molecule has 4 heterocycles. The molecule has 15 heteroatoms. The van der Waals surface area contributed by atoms with Gasteiger partial charge in [0.1, 0.15) is 17.3 Å². The van der Waals surface area contributed by atoms with Crippen molar-refractivity contribution in [3.63, 3.8) is 0 Å². The molecule has 1 aliphatic heterocycles. The molecule has 4 N–H and O–H groups in total. The topological polar surface area (TPSA) is 149 Å². The largest absolute Gasteiger partial charge is 0.480 e. The van der Waals surface area contributed by atoms with E-state index in [0.717, 1.165) is 11.6 Å². The van der Waals surface area contributed by atoms with Gasteiger partial charge in [-0.25, -0.2) is 19.6 Å². The molecule has 4 rings (SSSR count). The molecule has 3 aromatic rings. The summed E-state index contributed by atoms with van der Waals surface area (Å²) in [7, 11) is 0. The molecule has 174 valence electrons. The van der Waals surface area contributed by atoms with E-state index in [0.29, 0.717) is 0 Å². The molecule has 0 aliphatic carbocycles. The van der Waals surface area contributed by atoms with E-state index in [-0.39, 0.29) is 39.8 Å². The van der Waals surface area contributed by atoms with Crippen molar-refractivity contribution in [1.82, 2.24) is 24.7 Å². The Kier molecular flexibility index (Phi) is 4.76. The van der Waals surface area contributed by atoms with Gasteiger partial charge in [0, 0.05) is 19.2 Å². The minimum Gasteiger partial charge on any atom is -0.480 e. The number of halogens is 5. The maximum atomic E-state index is 13.4. The molecule has 1 aliphatic rings. The third-order valence-electron chi connectivity index (χ3n) is 5.32. The smallest absolute Gasteiger partial charge is 0.453 e. The average Bonchev–Trinajstić information content (AvgIpc) is 3.21. The summed E-state index contributed by atoms with van der Waals surface area (Å²) in [6.45, 7) is 0.305. The van der Waals surface area contributed by atoms with E-state index in [1.165, 1.54) is 18.3 Å². The zero-order valence-electron chi connectivity index (χ0n) is 16.6. The number of pyridine rings is 1. The normalized spacial score (nSPS) is 18.4. The number of hydrogen-bond acceptors (Lipinski definition) is 7. The number of fused-ring (bicyclic) bond motifs is 2. The second-order valence-corrected chi connectivity index (χ2v) is 7.44. The van der Waals surface area contributed by atoms with Gasteiger partial charge in [-0.15, -0.1) is 0 Å². The van der Waals surface area contributed by atoms with E-state index in [9.17, 15) is 36.6 Å². The minimum absolute atomic E-state index is 0.00689. The van der Waals surface area contributed by atoms with Gasteiger partial charge in [-0.2, -0.15) is 27.1 Å². The van der Waals surface area contributed by atoms with Gasteiger partial charge >= 0.3 is 18.1 Å². The fourth-order valence-corrected chi connectivity index (χ4v) is 3.44. The molecule has 0 saturated heterocycles. The summed E-state index contributed by atoms with van der Waals surface area (Å²) >= 11 is 0. The van der Waals surface area contributed by atoms with Gasteiger partial charge < -0.3 is 16.2 Å². The molecule has 0 bridgehead atoms. The maximum Gasteiger partial charge on any atom is 0.453 e. The lowest BCUT2D eigenvalue weighted by atomic mass is 9.85. The van der Waals surface area contributed by atoms with Crippen LogP contribution in [0.25, 0.3) is 22.6 Å². The van der Waals surface area contributed by atoms with Crippen LogP contribution in [0.5, 0.6) is 0 Å². The number of carboxylic acids is 1. The van der Waals surface area contributed by atoms with Crippen molar-refractivity contribution in [3.05, 3.63) is 23.9 Å². The highest BCUT2D eigenvalue weighted by molar-refractivity contribution is 6.19. The number of rotatable bonds is 5. The Hall–Kier alpha value is -3.91. The Morgan fingerprint density at radius 2 is 1.97 bits per heavy atom. The summed E-state index contributed by atoms with van der Waals surface area (Å²) in [6.07, 6.45) is -6.01. The standard InChI is InChI=1S/C18H14F5N7O3/c1-16(15(32)33)8-10(24)26-12(27-11(8)28-14(16)31)9-7-3-2-5-25-13(7)30(29-9)6-4-17(19,20)18(21,22)23/h2-3,5H,4,6H2,1H3,(H,32,33)(H3,24,26,27,28,31)/t16-/m0/s1. The van der Waals surface area contributed by atoms with E-state index in [1.807, 2.05) is 0 Å². The number of aromatic nitrogens is 5. The van der Waals surface area contributed by atoms with E-state index < -0.39 is 42.4 Å². The van der Waals surface area contributed by atoms with Crippen LogP contribution in [0.2, 0.25) is 0 Å². The fraction of sp³-hybridized carbons (Fsp3) is 0.333. The zero-order chi connectivity index (χ0) is 24.3. The Morgan fingerprint density at radius 3 is 2.61 bits per heavy atom. The Bertz CT molecular complexity index is 1310. The van der Waals surface area contributed by atoms with Crippen molar-refractivity contribution in [2.24, 2.45) is 0 Å². The number of carbonyl (C=O) groups is 2. The van der Waals surface area contributed by atoms with E-state index in [1.54, 1.807) is 0 Å². The molecule has 0 saturated carbocycles. The second-order valence-electron chi connectivity index (χ2n) is 7.44. The molecule has 3 aromatic heterocycles. The summed E-state index contributed by atoms with van der Waals surface area (Å²) in [5, 5.41) is 16.1. The maximum absolute atomic E-state index is 13.4. The fourth-order valence-electron chi connectivity index (χ4n) is 3.44. The highest BCUT2D eigenvalue weighted by Gasteiger charge is 2.57. The first-order chi connectivity index (χ1) is 15.3. The van der Waals surface area contributed by atoms with Gasteiger partial charge in [0.2, 0.25) is 5.91 Å². The van der Waals surface area contributed by atoms with Crippen molar-refractivity contribution in [1.29, 1.82) is 0 Å². The Labute approximate surface area is 180 Å². The van der Waals surface area contributed by atoms with Crippen molar-refractivity contribution < 1.29 is 36.6 Å². The number of aryl methyl sites for hydroxylation is 1. The number of carbonyl (C=O) groups excluding carboxylic acids is 1. The van der Waals surface area contributed by atoms with E-state index >= 15 is 0 Å². The summed E-state index contributed by atoms with van der Waals surface area (Å²) in [5.41, 5.74) is 3.66. The predicted octanol–water partition coefficient (Wildman–Crippen LogP) is 2.35. The van der Waals surface area contributed by atoms with Gasteiger partial charge in [0.15, 0.2) is 16.9 Å². The molecule has 0 aromatic carbocycles. The van der Waals surface area contributed by atoms with Crippen LogP contribution < -0.4 is 11.1 Å². The molecule has 0 spiro atoms. The number of nitrogens with one attached hydrogen (secondary N) is 1. The van der Waals surface area contributed by atoms with Gasteiger partial charge in [-0.1, -0.05) is 0 Å². The zero-order valence-corrected chi connectivity index (χ0v) is 16.6. The van der Waals surface area contributed by atoms with Crippen LogP contribution in [0.3, 0.4) is 0 Å². The summed E-state index contributed by atoms with van der Waals surface area (Å²) in [6, 6.07) is 2.94. The number of anilines is 2. The second kappa shape index (κ2) is 7.05. The number of carboxylic acid groups (broad SMARTS) is 1. The van der Waals surface area contributed by atoms with Crippen LogP contribution in [0, 0.1) is 0 Å². The lowest BCUT2D eigenvalue weighted by Crippen LogP contribution is -2.39. The molecule has 1 atom stereocenters. The average molecular weight is 471 g/mol. The Morgan fingerprint density at radius 1 is 1.27 bits per heavy atom. The van der Waals surface area contributed by atoms with E-state index in [4.69, 9.17) is 5.73 Å². The molecule has 0 unspecified atom stereocenters. The summed E-state index contributed by atoms with van der Waals surface area (Å²) in [5.74, 6) is -8.04. The highest BCUT2D eigenvalue weighted by atomic mass is 19.4. The summed E-state index contributed by atoms with van der Waals surface area (Å²) < 4.78 is 65.3. The number of amides is 1. The SMILES string of the molecule is C[C@@]1(C(=O)O)C(=O)Nc2nc(-c3nn(CCC(F)(F)C(F)(F)F)c4ncccc34)nc(N)c21. The van der Waals surface area contributed by atoms with Crippen LogP contribution in [0.15, 0.2) is 18.3 Å². The lowest BCUT2D eigenvalue weighted by Gasteiger charge is -2.19. The monoisotopic (exact) mass is 471 g/mol. The number of nitrogen functional groups attached to an aromatic ring is 1. The van der Waals surface area contributed by atoms with Crippen molar-refractivity contribution >= 4 is 34.5 Å². The van der Waals surface area contributed by atoms with Gasteiger partial charge in [0.25, 0.3) is 0 Å². The van der Waals surface area contributed by atoms with E-state index in [2.05, 4.69) is 25.4 Å². The molecule has 0 radical (unpaired) electrons. The van der Waals surface area contributed by atoms with Crippen LogP contribution in [0.4, 0.5) is 33.6 Å². The number of nitrogens with two attached hydrogens (primary N) is 1. The van der Waals surface area contributed by atoms with Crippen LogP contribution >= 0.6 is 0 Å². The molecular formula is C18H14F5N7O3. The first-order valence-corrected chi connectivity index (χ1v) is 9.26. The molecule has 0 fully saturated rings. The first kappa shape index (κ1) is 22.3. The molecule has 33 heavy (non-hydrogen) atoms. The lowest BCUT2D eigenvalue weighted by molar-refractivity contribution is -0.285. The third kappa shape index (κ3) is 3.30. The summed E-state index contributed by atoms with van der Waals surface area (Å²) in [4.78, 5) is 36.0.